The third kappa shape index (κ3) is 5.74. The van der Waals surface area contributed by atoms with Crippen LogP contribution in [-0.2, 0) is 4.74 Å². The van der Waals surface area contributed by atoms with Gasteiger partial charge in [-0.3, -0.25) is 4.99 Å². The van der Waals surface area contributed by atoms with Crippen LogP contribution in [0.4, 0.5) is 0 Å². The van der Waals surface area contributed by atoms with Crippen LogP contribution in [0, 0.1) is 0 Å². The first-order chi connectivity index (χ1) is 15.2. The Balaban J connectivity index is 1.16. The van der Waals surface area contributed by atoms with Gasteiger partial charge in [0.25, 0.3) is 0 Å². The third-order valence-corrected chi connectivity index (χ3v) is 4.75. The largest absolute Gasteiger partial charge is 0.491 e. The SMILES string of the molecule is C=C1C=NC1c1ccc(OC(C)OCCOc2ccc(Oc3ccccc3)cc2)cc1. The Morgan fingerprint density at radius 2 is 1.45 bits per heavy atom. The van der Waals surface area contributed by atoms with Gasteiger partial charge in [-0.15, -0.1) is 0 Å². The van der Waals surface area contributed by atoms with E-state index in [-0.39, 0.29) is 12.3 Å². The van der Waals surface area contributed by atoms with Gasteiger partial charge < -0.3 is 18.9 Å². The molecule has 0 aromatic heterocycles. The molecule has 0 spiro atoms. The topological polar surface area (TPSA) is 49.3 Å². The minimum absolute atomic E-state index is 0.0823. The van der Waals surface area contributed by atoms with Gasteiger partial charge in [-0.25, -0.2) is 0 Å². The molecule has 2 atom stereocenters. The summed E-state index contributed by atoms with van der Waals surface area (Å²) in [5, 5.41) is 0. The molecule has 0 radical (unpaired) electrons. The maximum Gasteiger partial charge on any atom is 0.197 e. The number of hydrogen-bond donors (Lipinski definition) is 0. The van der Waals surface area contributed by atoms with Crippen LogP contribution in [0.1, 0.15) is 18.5 Å². The van der Waals surface area contributed by atoms with E-state index in [4.69, 9.17) is 18.9 Å². The molecule has 5 nitrogen and oxygen atoms in total. The van der Waals surface area contributed by atoms with Crippen LogP contribution in [0.15, 0.2) is 96.0 Å². The van der Waals surface area contributed by atoms with E-state index in [9.17, 15) is 0 Å². The van der Waals surface area contributed by atoms with E-state index in [0.29, 0.717) is 13.2 Å². The van der Waals surface area contributed by atoms with Crippen molar-refractivity contribution in [2.45, 2.75) is 19.3 Å². The standard InChI is InChI=1S/C26H25NO4/c1-19-18-27-26(19)21-8-10-24(11-9-21)30-20(2)28-16-17-29-22-12-14-25(15-13-22)31-23-6-4-3-5-7-23/h3-15,18,20,26H,1,16-17H2,2H3. The van der Waals surface area contributed by atoms with Crippen molar-refractivity contribution in [1.29, 1.82) is 0 Å². The van der Waals surface area contributed by atoms with Gasteiger partial charge in [-0.05, 0) is 66.6 Å². The zero-order valence-electron chi connectivity index (χ0n) is 17.4. The van der Waals surface area contributed by atoms with Crippen molar-refractivity contribution in [1.82, 2.24) is 0 Å². The van der Waals surface area contributed by atoms with E-state index in [1.54, 1.807) is 6.21 Å². The summed E-state index contributed by atoms with van der Waals surface area (Å²) < 4.78 is 23.0. The lowest BCUT2D eigenvalue weighted by Gasteiger charge is -2.21. The van der Waals surface area contributed by atoms with E-state index in [2.05, 4.69) is 11.6 Å². The molecule has 5 heteroatoms. The van der Waals surface area contributed by atoms with Gasteiger partial charge in [0.15, 0.2) is 6.29 Å². The molecule has 158 valence electrons. The molecule has 0 bridgehead atoms. The molecule has 1 aliphatic heterocycles. The molecule has 3 aromatic carbocycles. The maximum absolute atomic E-state index is 5.80. The van der Waals surface area contributed by atoms with Crippen molar-refractivity contribution in [3.63, 3.8) is 0 Å². The van der Waals surface area contributed by atoms with Crippen molar-refractivity contribution in [3.05, 3.63) is 96.6 Å². The highest BCUT2D eigenvalue weighted by Gasteiger charge is 2.18. The minimum atomic E-state index is -0.382. The molecule has 0 fully saturated rings. The molecule has 0 saturated heterocycles. The number of rotatable bonds is 10. The van der Waals surface area contributed by atoms with Crippen LogP contribution in [0.25, 0.3) is 0 Å². The molecule has 0 N–H and O–H groups in total. The van der Waals surface area contributed by atoms with Crippen LogP contribution in [-0.4, -0.2) is 25.7 Å². The number of para-hydroxylation sites is 1. The third-order valence-electron chi connectivity index (χ3n) is 4.75. The fourth-order valence-corrected chi connectivity index (χ4v) is 3.11. The molecular formula is C26H25NO4. The van der Waals surface area contributed by atoms with Gasteiger partial charge in [0, 0.05) is 6.21 Å². The molecule has 0 aliphatic carbocycles. The van der Waals surface area contributed by atoms with Gasteiger partial charge in [-0.2, -0.15) is 0 Å². The van der Waals surface area contributed by atoms with Crippen molar-refractivity contribution in [2.75, 3.05) is 13.2 Å². The van der Waals surface area contributed by atoms with Gasteiger partial charge in [0.2, 0.25) is 0 Å². The minimum Gasteiger partial charge on any atom is -0.491 e. The Bertz CT molecular complexity index is 1010. The predicted octanol–water partition coefficient (Wildman–Crippen LogP) is 5.98. The van der Waals surface area contributed by atoms with E-state index < -0.39 is 0 Å². The first-order valence-corrected chi connectivity index (χ1v) is 10.2. The fourth-order valence-electron chi connectivity index (χ4n) is 3.11. The first kappa shape index (κ1) is 20.7. The molecule has 1 aliphatic rings. The Kier molecular flexibility index (Phi) is 6.65. The zero-order chi connectivity index (χ0) is 21.5. The lowest BCUT2D eigenvalue weighted by molar-refractivity contribution is -0.0739. The second kappa shape index (κ2) is 9.96. The molecule has 4 rings (SSSR count). The number of benzene rings is 3. The highest BCUT2D eigenvalue weighted by Crippen LogP contribution is 2.31. The van der Waals surface area contributed by atoms with E-state index >= 15 is 0 Å². The lowest BCUT2D eigenvalue weighted by atomic mass is 9.97. The molecular weight excluding hydrogens is 390 g/mol. The predicted molar refractivity (Wildman–Crippen MR) is 121 cm³/mol. The van der Waals surface area contributed by atoms with Gasteiger partial charge in [-0.1, -0.05) is 36.9 Å². The lowest BCUT2D eigenvalue weighted by Crippen LogP contribution is -2.20. The molecule has 31 heavy (non-hydrogen) atoms. The summed E-state index contributed by atoms with van der Waals surface area (Å²) in [4.78, 5) is 4.30. The number of nitrogens with zero attached hydrogens (tertiary/aromatic N) is 1. The molecule has 0 saturated carbocycles. The second-order valence-corrected chi connectivity index (χ2v) is 7.12. The first-order valence-electron chi connectivity index (χ1n) is 10.2. The van der Waals surface area contributed by atoms with Gasteiger partial charge in [0.1, 0.15) is 35.6 Å². The van der Waals surface area contributed by atoms with Crippen molar-refractivity contribution >= 4 is 6.21 Å². The highest BCUT2D eigenvalue weighted by molar-refractivity contribution is 5.86. The quantitative estimate of drug-likeness (QED) is 0.302. The summed E-state index contributed by atoms with van der Waals surface area (Å²) in [6, 6.07) is 25.1. The Labute approximate surface area is 182 Å². The second-order valence-electron chi connectivity index (χ2n) is 7.12. The van der Waals surface area contributed by atoms with Crippen molar-refractivity contribution < 1.29 is 18.9 Å². The zero-order valence-corrected chi connectivity index (χ0v) is 17.4. The molecule has 3 aromatic rings. The highest BCUT2D eigenvalue weighted by atomic mass is 16.7. The summed E-state index contributed by atoms with van der Waals surface area (Å²) in [7, 11) is 0. The van der Waals surface area contributed by atoms with E-state index in [1.165, 1.54) is 0 Å². The average molecular weight is 415 g/mol. The van der Waals surface area contributed by atoms with Gasteiger partial charge >= 0.3 is 0 Å². The van der Waals surface area contributed by atoms with Crippen LogP contribution in [0.3, 0.4) is 0 Å². The Morgan fingerprint density at radius 1 is 0.806 bits per heavy atom. The van der Waals surface area contributed by atoms with E-state index in [1.807, 2.05) is 85.8 Å². The summed E-state index contributed by atoms with van der Waals surface area (Å²) in [6.07, 6.45) is 1.41. The summed E-state index contributed by atoms with van der Waals surface area (Å²) in [5.41, 5.74) is 2.14. The molecule has 1 heterocycles. The molecule has 2 unspecified atom stereocenters. The van der Waals surface area contributed by atoms with Crippen molar-refractivity contribution in [3.8, 4) is 23.0 Å². The van der Waals surface area contributed by atoms with Crippen LogP contribution in [0.2, 0.25) is 0 Å². The monoisotopic (exact) mass is 415 g/mol. The smallest absolute Gasteiger partial charge is 0.197 e. The average Bonchev–Trinajstić information content (AvgIpc) is 2.79. The summed E-state index contributed by atoms with van der Waals surface area (Å²) >= 11 is 0. The fraction of sp³-hybridized carbons (Fsp3) is 0.192. The number of hydrogen-bond acceptors (Lipinski definition) is 5. The summed E-state index contributed by atoms with van der Waals surface area (Å²) in [6.45, 7) is 6.66. The van der Waals surface area contributed by atoms with Crippen molar-refractivity contribution in [2.24, 2.45) is 4.99 Å². The normalized spacial score (nSPS) is 15.8. The molecule has 0 amide bonds. The van der Waals surface area contributed by atoms with Crippen LogP contribution >= 0.6 is 0 Å². The van der Waals surface area contributed by atoms with Crippen LogP contribution < -0.4 is 14.2 Å². The summed E-state index contributed by atoms with van der Waals surface area (Å²) in [5.74, 6) is 3.07. The number of ether oxygens (including phenoxy) is 4. The Hall–Kier alpha value is -3.57. The maximum atomic E-state index is 5.80. The van der Waals surface area contributed by atoms with Gasteiger partial charge in [0.05, 0.1) is 6.61 Å². The van der Waals surface area contributed by atoms with Crippen LogP contribution in [0.5, 0.6) is 23.0 Å². The Morgan fingerprint density at radius 3 is 2.10 bits per heavy atom. The van der Waals surface area contributed by atoms with E-state index in [0.717, 1.165) is 34.1 Å². The number of aliphatic imine (C=N–C) groups is 1.